The van der Waals surface area contributed by atoms with Crippen LogP contribution in [0.4, 0.5) is 0 Å². The van der Waals surface area contributed by atoms with Crippen LogP contribution in [-0.4, -0.2) is 17.9 Å². The number of carbonyl (C=O) groups is 2. The molecule has 2 saturated carbocycles. The second-order valence-electron chi connectivity index (χ2n) is 5.35. The molecule has 0 aliphatic heterocycles. The molecule has 0 heterocycles. The lowest BCUT2D eigenvalue weighted by Crippen LogP contribution is -2.45. The normalized spacial score (nSPS) is 29.1. The van der Waals surface area contributed by atoms with Gasteiger partial charge in [-0.25, -0.2) is 0 Å². The van der Waals surface area contributed by atoms with Crippen molar-refractivity contribution in [3.8, 4) is 6.07 Å². The highest BCUT2D eigenvalue weighted by Crippen LogP contribution is 2.34. The number of carbonyl (C=O) groups excluding carboxylic acids is 2. The molecule has 0 aromatic heterocycles. The number of rotatable bonds is 4. The molecule has 2 fully saturated rings. The number of hydrogen-bond acceptors (Lipinski definition) is 3. The predicted molar refractivity (Wildman–Crippen MR) is 64.9 cm³/mol. The van der Waals surface area contributed by atoms with Crippen molar-refractivity contribution >= 4 is 11.8 Å². The third-order valence-corrected chi connectivity index (χ3v) is 4.00. The molecule has 0 bridgehead atoms. The van der Waals surface area contributed by atoms with Gasteiger partial charge in [-0.05, 0) is 31.6 Å². The van der Waals surface area contributed by atoms with Crippen LogP contribution in [0.5, 0.6) is 0 Å². The molecule has 2 amide bonds. The van der Waals surface area contributed by atoms with Gasteiger partial charge in [0.1, 0.15) is 6.04 Å². The summed E-state index contributed by atoms with van der Waals surface area (Å²) < 4.78 is 0. The van der Waals surface area contributed by atoms with Crippen molar-refractivity contribution in [1.82, 2.24) is 5.32 Å². The van der Waals surface area contributed by atoms with E-state index < -0.39 is 11.9 Å². The van der Waals surface area contributed by atoms with Gasteiger partial charge in [-0.1, -0.05) is 12.8 Å². The first-order chi connectivity index (χ1) is 8.63. The SMILES string of the molecule is N#CC(NC(=O)[C@@H]1CCCC[C@@H]1C(N)=O)C1CC1. The van der Waals surface area contributed by atoms with Crippen LogP contribution in [0.2, 0.25) is 0 Å². The minimum atomic E-state index is -0.395. The van der Waals surface area contributed by atoms with Gasteiger partial charge in [-0.15, -0.1) is 0 Å². The van der Waals surface area contributed by atoms with Crippen LogP contribution in [0.25, 0.3) is 0 Å². The summed E-state index contributed by atoms with van der Waals surface area (Å²) in [5.74, 6) is -0.968. The van der Waals surface area contributed by atoms with E-state index in [1.165, 1.54) is 0 Å². The zero-order valence-electron chi connectivity index (χ0n) is 10.4. The minimum Gasteiger partial charge on any atom is -0.369 e. The highest BCUT2D eigenvalue weighted by atomic mass is 16.2. The van der Waals surface area contributed by atoms with Crippen molar-refractivity contribution in [2.24, 2.45) is 23.5 Å². The van der Waals surface area contributed by atoms with E-state index >= 15 is 0 Å². The van der Waals surface area contributed by atoms with Crippen molar-refractivity contribution in [3.63, 3.8) is 0 Å². The Morgan fingerprint density at radius 1 is 1.17 bits per heavy atom. The predicted octanol–water partition coefficient (Wildman–Crippen LogP) is 0.696. The molecule has 18 heavy (non-hydrogen) atoms. The van der Waals surface area contributed by atoms with Gasteiger partial charge in [0.2, 0.25) is 11.8 Å². The molecule has 5 nitrogen and oxygen atoms in total. The number of nitriles is 1. The second kappa shape index (κ2) is 5.38. The molecule has 0 spiro atoms. The summed E-state index contributed by atoms with van der Waals surface area (Å²) >= 11 is 0. The summed E-state index contributed by atoms with van der Waals surface area (Å²) in [6.45, 7) is 0. The van der Waals surface area contributed by atoms with E-state index in [0.717, 1.165) is 25.7 Å². The van der Waals surface area contributed by atoms with Crippen LogP contribution in [0.15, 0.2) is 0 Å². The molecule has 2 rings (SSSR count). The molecule has 1 unspecified atom stereocenters. The van der Waals surface area contributed by atoms with Crippen LogP contribution in [0, 0.1) is 29.1 Å². The molecular weight excluding hydrogens is 230 g/mol. The van der Waals surface area contributed by atoms with Crippen molar-refractivity contribution in [2.45, 2.75) is 44.6 Å². The number of primary amides is 1. The fraction of sp³-hybridized carbons (Fsp3) is 0.769. The first-order valence-electron chi connectivity index (χ1n) is 6.62. The van der Waals surface area contributed by atoms with Gasteiger partial charge >= 0.3 is 0 Å². The van der Waals surface area contributed by atoms with E-state index in [9.17, 15) is 9.59 Å². The quantitative estimate of drug-likeness (QED) is 0.767. The lowest BCUT2D eigenvalue weighted by Gasteiger charge is -2.28. The number of amides is 2. The van der Waals surface area contributed by atoms with Crippen LogP contribution < -0.4 is 11.1 Å². The second-order valence-corrected chi connectivity index (χ2v) is 5.35. The van der Waals surface area contributed by atoms with Gasteiger partial charge in [0.05, 0.1) is 6.07 Å². The molecule has 3 N–H and O–H groups in total. The molecule has 2 aliphatic rings. The monoisotopic (exact) mass is 249 g/mol. The molecule has 98 valence electrons. The third-order valence-electron chi connectivity index (χ3n) is 4.00. The Morgan fingerprint density at radius 2 is 1.78 bits per heavy atom. The topological polar surface area (TPSA) is 96.0 Å². The number of nitrogens with zero attached hydrogens (tertiary/aromatic N) is 1. The molecule has 0 saturated heterocycles. The maximum atomic E-state index is 12.1. The van der Waals surface area contributed by atoms with Crippen LogP contribution in [-0.2, 0) is 9.59 Å². The van der Waals surface area contributed by atoms with Gasteiger partial charge in [-0.2, -0.15) is 5.26 Å². The molecule has 0 aromatic carbocycles. The number of hydrogen-bond donors (Lipinski definition) is 2. The van der Waals surface area contributed by atoms with E-state index in [1.807, 2.05) is 0 Å². The zero-order valence-corrected chi connectivity index (χ0v) is 10.4. The average molecular weight is 249 g/mol. The molecular formula is C13H19N3O2. The van der Waals surface area contributed by atoms with Gasteiger partial charge in [-0.3, -0.25) is 9.59 Å². The molecule has 2 aliphatic carbocycles. The molecule has 0 radical (unpaired) electrons. The fourth-order valence-corrected chi connectivity index (χ4v) is 2.73. The van der Waals surface area contributed by atoms with Gasteiger partial charge in [0, 0.05) is 11.8 Å². The Bertz CT molecular complexity index is 384. The van der Waals surface area contributed by atoms with Crippen LogP contribution in [0.3, 0.4) is 0 Å². The Balaban J connectivity index is 1.97. The Morgan fingerprint density at radius 3 is 2.28 bits per heavy atom. The van der Waals surface area contributed by atoms with Crippen LogP contribution in [0.1, 0.15) is 38.5 Å². The summed E-state index contributed by atoms with van der Waals surface area (Å²) in [7, 11) is 0. The van der Waals surface area contributed by atoms with Crippen molar-refractivity contribution < 1.29 is 9.59 Å². The van der Waals surface area contributed by atoms with E-state index in [-0.39, 0.29) is 17.7 Å². The third kappa shape index (κ3) is 2.81. The highest BCUT2D eigenvalue weighted by molar-refractivity contribution is 5.87. The smallest absolute Gasteiger partial charge is 0.224 e. The number of nitrogens with one attached hydrogen (secondary N) is 1. The largest absolute Gasteiger partial charge is 0.369 e. The Labute approximate surface area is 107 Å². The molecule has 5 heteroatoms. The van der Waals surface area contributed by atoms with E-state index in [1.54, 1.807) is 0 Å². The summed E-state index contributed by atoms with van der Waals surface area (Å²) in [6.07, 6.45) is 5.28. The van der Waals surface area contributed by atoms with E-state index in [2.05, 4.69) is 11.4 Å². The number of nitrogens with two attached hydrogens (primary N) is 1. The highest BCUT2D eigenvalue weighted by Gasteiger charge is 2.38. The van der Waals surface area contributed by atoms with E-state index in [4.69, 9.17) is 11.0 Å². The maximum absolute atomic E-state index is 12.1. The van der Waals surface area contributed by atoms with Gasteiger partial charge in [0.15, 0.2) is 0 Å². The first kappa shape index (κ1) is 12.9. The molecule has 0 aromatic rings. The summed E-state index contributed by atoms with van der Waals surface area (Å²) in [4.78, 5) is 23.5. The lowest BCUT2D eigenvalue weighted by molar-refractivity contribution is -0.135. The van der Waals surface area contributed by atoms with Crippen molar-refractivity contribution in [3.05, 3.63) is 0 Å². The fourth-order valence-electron chi connectivity index (χ4n) is 2.73. The first-order valence-corrected chi connectivity index (χ1v) is 6.62. The summed E-state index contributed by atoms with van der Waals surface area (Å²) in [5, 5.41) is 11.8. The average Bonchev–Trinajstić information content (AvgIpc) is 3.19. The van der Waals surface area contributed by atoms with E-state index in [0.29, 0.717) is 18.8 Å². The lowest BCUT2D eigenvalue weighted by atomic mass is 9.78. The Hall–Kier alpha value is -1.57. The standard InChI is InChI=1S/C13H19N3O2/c14-7-11(8-5-6-8)16-13(18)10-4-2-1-3-9(10)12(15)17/h8-11H,1-6H2,(H2,15,17)(H,16,18)/t9-,10+,11?/m0/s1. The van der Waals surface area contributed by atoms with Crippen LogP contribution >= 0.6 is 0 Å². The Kier molecular flexibility index (Phi) is 3.85. The summed E-state index contributed by atoms with van der Waals surface area (Å²) in [6, 6.07) is 1.73. The van der Waals surface area contributed by atoms with Crippen molar-refractivity contribution in [1.29, 1.82) is 5.26 Å². The van der Waals surface area contributed by atoms with Gasteiger partial charge in [0.25, 0.3) is 0 Å². The van der Waals surface area contributed by atoms with Gasteiger partial charge < -0.3 is 11.1 Å². The van der Waals surface area contributed by atoms with Crippen molar-refractivity contribution in [2.75, 3.05) is 0 Å². The zero-order chi connectivity index (χ0) is 13.1. The summed E-state index contributed by atoms with van der Waals surface area (Å²) in [5.41, 5.74) is 5.35. The molecule has 3 atom stereocenters. The maximum Gasteiger partial charge on any atom is 0.224 e. The minimum absolute atomic E-state index is 0.169.